The van der Waals surface area contributed by atoms with Gasteiger partial charge in [-0.15, -0.1) is 0 Å². The molecule has 0 bridgehead atoms. The fourth-order valence-corrected chi connectivity index (χ4v) is 3.70. The van der Waals surface area contributed by atoms with Crippen molar-refractivity contribution in [3.63, 3.8) is 0 Å². The van der Waals surface area contributed by atoms with Crippen molar-refractivity contribution in [3.05, 3.63) is 20.3 Å². The molecule has 14 heteroatoms. The number of nitrogens with zero attached hydrogens (tertiary/aromatic N) is 2. The topological polar surface area (TPSA) is 149 Å². The second kappa shape index (κ2) is 13.1. The van der Waals surface area contributed by atoms with Crippen LogP contribution < -0.4 is 11.0 Å². The van der Waals surface area contributed by atoms with Crippen molar-refractivity contribution in [2.75, 3.05) is 31.0 Å². The van der Waals surface area contributed by atoms with Gasteiger partial charge in [0.25, 0.3) is 0 Å². The highest BCUT2D eigenvalue weighted by atomic mass is 127. The molecule has 1 aliphatic heterocycles. The Bertz CT molecular complexity index is 889. The van der Waals surface area contributed by atoms with E-state index in [9.17, 15) is 24.6 Å². The van der Waals surface area contributed by atoms with Crippen molar-refractivity contribution in [1.82, 2.24) is 9.55 Å². The van der Waals surface area contributed by atoms with Gasteiger partial charge in [0.1, 0.15) is 25.4 Å². The Morgan fingerprint density at radius 2 is 1.82 bits per heavy atom. The lowest BCUT2D eigenvalue weighted by atomic mass is 10.1. The minimum absolute atomic E-state index is 0.00488. The average Bonchev–Trinajstić information content (AvgIpc) is 3.06. The Balaban J connectivity index is 2.06. The largest absolute Gasteiger partial charge is 0.464 e. The third kappa shape index (κ3) is 7.99. The molecular weight excluding hydrogens is 589 g/mol. The van der Waals surface area contributed by atoms with Crippen molar-refractivity contribution < 1.29 is 34.0 Å². The third-order valence-electron chi connectivity index (χ3n) is 4.84. The van der Waals surface area contributed by atoms with Gasteiger partial charge in [-0.3, -0.25) is 14.7 Å². The zero-order valence-corrected chi connectivity index (χ0v) is 22.4. The minimum Gasteiger partial charge on any atom is -0.464 e. The Kier molecular flexibility index (Phi) is 11.2. The molecule has 2 rings (SSSR count). The Morgan fingerprint density at radius 1 is 1.21 bits per heavy atom. The second-order valence-electron chi connectivity index (χ2n) is 7.38. The fraction of sp³-hybridized carbons (Fsp3) is 0.684. The van der Waals surface area contributed by atoms with Crippen LogP contribution in [0.2, 0.25) is 0 Å². The Hall–Kier alpha value is -1.07. The lowest BCUT2D eigenvalue weighted by molar-refractivity contribution is -0.148. The highest BCUT2D eigenvalue weighted by Crippen LogP contribution is 2.31. The van der Waals surface area contributed by atoms with E-state index in [1.807, 2.05) is 48.9 Å². The van der Waals surface area contributed by atoms with Gasteiger partial charge in [0.2, 0.25) is 0 Å². The molecule has 1 saturated heterocycles. The lowest BCUT2D eigenvalue weighted by Gasteiger charge is -2.18. The number of amides is 1. The van der Waals surface area contributed by atoms with Gasteiger partial charge in [-0.1, -0.05) is 13.8 Å². The van der Waals surface area contributed by atoms with Crippen LogP contribution in [0.25, 0.3) is 0 Å². The highest BCUT2D eigenvalue weighted by molar-refractivity contribution is 14.1. The Morgan fingerprint density at radius 3 is 2.42 bits per heavy atom. The SMILES string of the molecule is CSC(C)COC(=O)C[C@H]1O[C@@H](n2cc(I)c(NC(=O)OCC(C)SC)nc2=O)[C@H](O)[C@@H]1O. The Labute approximate surface area is 213 Å². The van der Waals surface area contributed by atoms with Crippen LogP contribution in [-0.2, 0) is 19.0 Å². The molecule has 33 heavy (non-hydrogen) atoms. The van der Waals surface area contributed by atoms with Crippen molar-refractivity contribution in [1.29, 1.82) is 0 Å². The maximum absolute atomic E-state index is 12.6. The molecule has 186 valence electrons. The van der Waals surface area contributed by atoms with Gasteiger partial charge >= 0.3 is 17.8 Å². The van der Waals surface area contributed by atoms with Crippen LogP contribution in [0.1, 0.15) is 26.5 Å². The molecule has 2 unspecified atom stereocenters. The van der Waals surface area contributed by atoms with Gasteiger partial charge in [0.05, 0.1) is 16.1 Å². The van der Waals surface area contributed by atoms with Crippen LogP contribution in [0.4, 0.5) is 10.6 Å². The highest BCUT2D eigenvalue weighted by Gasteiger charge is 2.45. The first-order chi connectivity index (χ1) is 15.6. The van der Waals surface area contributed by atoms with E-state index in [1.165, 1.54) is 6.20 Å². The normalized spacial score (nSPS) is 24.2. The van der Waals surface area contributed by atoms with E-state index < -0.39 is 42.3 Å². The number of aliphatic hydroxyl groups excluding tert-OH is 2. The summed E-state index contributed by atoms with van der Waals surface area (Å²) in [7, 11) is 0. The van der Waals surface area contributed by atoms with Crippen molar-refractivity contribution in [3.8, 4) is 0 Å². The van der Waals surface area contributed by atoms with E-state index in [0.717, 1.165) is 4.57 Å². The maximum atomic E-state index is 12.6. The third-order valence-corrected chi connectivity index (χ3v) is 7.51. The number of hydrogen-bond acceptors (Lipinski definition) is 11. The second-order valence-corrected chi connectivity index (χ2v) is 11.1. The summed E-state index contributed by atoms with van der Waals surface area (Å²) >= 11 is 4.94. The molecule has 0 radical (unpaired) electrons. The summed E-state index contributed by atoms with van der Waals surface area (Å²) in [6.45, 7) is 4.22. The summed E-state index contributed by atoms with van der Waals surface area (Å²) in [5.41, 5.74) is -0.823. The number of anilines is 1. The molecule has 0 spiro atoms. The summed E-state index contributed by atoms with van der Waals surface area (Å²) in [6, 6.07) is 0. The van der Waals surface area contributed by atoms with Gasteiger partial charge in [0, 0.05) is 16.7 Å². The smallest absolute Gasteiger partial charge is 0.412 e. The number of carbonyl (C=O) groups excluding carboxylic acids is 2. The zero-order chi connectivity index (χ0) is 24.7. The summed E-state index contributed by atoms with van der Waals surface area (Å²) < 4.78 is 17.2. The standard InChI is InChI=1S/C19H28IN3O8S2/c1-9(32-3)7-29-13(24)5-12-14(25)15(26)17(31-12)23-6-11(20)16(21-18(23)27)22-19(28)30-8-10(2)33-4/h6,9-10,12,14-15,17,25-26H,5,7-8H2,1-4H3,(H,21,22,27,28)/t9?,10?,12-,14-,15-,17-/m1/s1. The van der Waals surface area contributed by atoms with Crippen LogP contribution in [-0.4, -0.2) is 86.4 Å². The number of esters is 1. The summed E-state index contributed by atoms with van der Waals surface area (Å²) in [4.78, 5) is 40.4. The number of halogens is 1. The molecule has 1 aliphatic rings. The van der Waals surface area contributed by atoms with Gasteiger partial charge in [-0.2, -0.15) is 28.5 Å². The molecular formula is C19H28IN3O8S2. The van der Waals surface area contributed by atoms with Crippen LogP contribution in [0.15, 0.2) is 11.0 Å². The zero-order valence-electron chi connectivity index (χ0n) is 18.6. The van der Waals surface area contributed by atoms with E-state index in [4.69, 9.17) is 14.2 Å². The van der Waals surface area contributed by atoms with Crippen molar-refractivity contribution >= 4 is 64.0 Å². The predicted molar refractivity (Wildman–Crippen MR) is 134 cm³/mol. The quantitative estimate of drug-likeness (QED) is 0.259. The van der Waals surface area contributed by atoms with Crippen molar-refractivity contribution in [2.24, 2.45) is 0 Å². The molecule has 0 aliphatic carbocycles. The van der Waals surface area contributed by atoms with Crippen LogP contribution in [0.5, 0.6) is 0 Å². The first kappa shape index (κ1) is 28.2. The minimum atomic E-state index is -1.47. The average molecular weight is 617 g/mol. The molecule has 1 aromatic heterocycles. The molecule has 0 saturated carbocycles. The molecule has 0 aromatic carbocycles. The fourth-order valence-electron chi connectivity index (χ4n) is 2.74. The molecule has 1 amide bonds. The molecule has 1 aromatic rings. The number of thioether (sulfide) groups is 2. The van der Waals surface area contributed by atoms with E-state index >= 15 is 0 Å². The van der Waals surface area contributed by atoms with Crippen LogP contribution in [0.3, 0.4) is 0 Å². The van der Waals surface area contributed by atoms with Gasteiger partial charge in [-0.05, 0) is 35.1 Å². The number of carbonyl (C=O) groups is 2. The summed E-state index contributed by atoms with van der Waals surface area (Å²) in [5, 5.41) is 23.4. The number of hydrogen-bond donors (Lipinski definition) is 3. The van der Waals surface area contributed by atoms with E-state index in [1.54, 1.807) is 23.5 Å². The lowest BCUT2D eigenvalue weighted by Crippen LogP contribution is -2.36. The number of aromatic nitrogens is 2. The van der Waals surface area contributed by atoms with E-state index in [2.05, 4.69) is 10.3 Å². The van der Waals surface area contributed by atoms with Crippen LogP contribution in [0, 0.1) is 3.57 Å². The van der Waals surface area contributed by atoms with E-state index in [0.29, 0.717) is 3.57 Å². The molecule has 2 heterocycles. The molecule has 3 N–H and O–H groups in total. The van der Waals surface area contributed by atoms with Gasteiger partial charge < -0.3 is 24.4 Å². The maximum Gasteiger partial charge on any atom is 0.412 e. The van der Waals surface area contributed by atoms with Gasteiger partial charge in [-0.25, -0.2) is 9.59 Å². The van der Waals surface area contributed by atoms with E-state index in [-0.39, 0.29) is 36.0 Å². The number of ether oxygens (including phenoxy) is 3. The summed E-state index contributed by atoms with van der Waals surface area (Å²) in [6.07, 6.45) is -1.11. The molecule has 6 atom stereocenters. The number of aliphatic hydroxyl groups is 2. The monoisotopic (exact) mass is 617 g/mol. The molecule has 1 fully saturated rings. The first-order valence-corrected chi connectivity index (χ1v) is 13.7. The number of rotatable bonds is 10. The molecule has 11 nitrogen and oxygen atoms in total. The predicted octanol–water partition coefficient (Wildman–Crippen LogP) is 1.45. The first-order valence-electron chi connectivity index (χ1n) is 10.0. The summed E-state index contributed by atoms with van der Waals surface area (Å²) in [5.74, 6) is -0.587. The van der Waals surface area contributed by atoms with Crippen molar-refractivity contribution in [2.45, 2.75) is 55.3 Å². The van der Waals surface area contributed by atoms with Crippen LogP contribution >= 0.6 is 46.1 Å². The number of nitrogens with one attached hydrogen (secondary N) is 1. The van der Waals surface area contributed by atoms with Gasteiger partial charge in [0.15, 0.2) is 12.0 Å².